The lowest BCUT2D eigenvalue weighted by Gasteiger charge is -2.44. The Morgan fingerprint density at radius 1 is 0.870 bits per heavy atom. The highest BCUT2D eigenvalue weighted by molar-refractivity contribution is 5.54. The van der Waals surface area contributed by atoms with Crippen molar-refractivity contribution in [3.05, 3.63) is 77.7 Å². The van der Waals surface area contributed by atoms with Crippen LogP contribution in [0, 0.1) is 5.92 Å². The summed E-state index contributed by atoms with van der Waals surface area (Å²) in [7, 11) is 1.71. The monoisotopic (exact) mass is 630 g/mol. The van der Waals surface area contributed by atoms with Crippen molar-refractivity contribution in [2.75, 3.05) is 49.7 Å². The van der Waals surface area contributed by atoms with Crippen LogP contribution in [0.4, 0.5) is 11.4 Å². The third-order valence-electron chi connectivity index (χ3n) is 9.46. The Labute approximate surface area is 270 Å². The van der Waals surface area contributed by atoms with Crippen LogP contribution < -0.4 is 20.2 Å². The van der Waals surface area contributed by atoms with Gasteiger partial charge >= 0.3 is 5.69 Å². The molecule has 1 saturated heterocycles. The minimum atomic E-state index is -0.773. The van der Waals surface area contributed by atoms with Gasteiger partial charge in [-0.1, -0.05) is 13.3 Å². The lowest BCUT2D eigenvalue weighted by Crippen LogP contribution is -2.52. The molecule has 2 fully saturated rings. The van der Waals surface area contributed by atoms with Gasteiger partial charge in [0.15, 0.2) is 5.79 Å². The minimum Gasteiger partial charge on any atom is -0.491 e. The van der Waals surface area contributed by atoms with Crippen LogP contribution in [0.5, 0.6) is 5.75 Å². The molecular formula is C34H46N8O4. The summed E-state index contributed by atoms with van der Waals surface area (Å²) in [4.78, 5) is 19.2. The van der Waals surface area contributed by atoms with Crippen molar-refractivity contribution in [1.82, 2.24) is 29.3 Å². The van der Waals surface area contributed by atoms with E-state index in [1.165, 1.54) is 12.1 Å². The van der Waals surface area contributed by atoms with Crippen molar-refractivity contribution in [3.8, 4) is 11.4 Å². The second-order valence-electron chi connectivity index (χ2n) is 12.4. The van der Waals surface area contributed by atoms with Gasteiger partial charge in [-0.3, -0.25) is 0 Å². The molecule has 2 aromatic heterocycles. The maximum absolute atomic E-state index is 12.8. The van der Waals surface area contributed by atoms with Crippen molar-refractivity contribution < 1.29 is 14.2 Å². The summed E-state index contributed by atoms with van der Waals surface area (Å²) in [5.41, 5.74) is 3.06. The molecule has 0 bridgehead atoms. The molecule has 6 rings (SSSR count). The standard InChI is InChI=1S/C34H46N8O4/c1-5-26(2)42-33(43)40(25-37-42)31-11-9-29(10-12-31)38-19-21-39(22-20-38)30-13-15-32(16-14-30)45-23-27(3)46-34(44-4,28-7-6-8-28)24-41-35-17-18-36-41/h9-18,25-28H,5-8,19-24H2,1-4H3. The molecular weight excluding hydrogens is 584 g/mol. The Bertz CT molecular complexity index is 1570. The molecule has 0 radical (unpaired) electrons. The van der Waals surface area contributed by atoms with Crippen LogP contribution in [0.1, 0.15) is 52.5 Å². The maximum Gasteiger partial charge on any atom is 0.350 e. The van der Waals surface area contributed by atoms with Crippen LogP contribution in [-0.4, -0.2) is 81.1 Å². The largest absolute Gasteiger partial charge is 0.491 e. The van der Waals surface area contributed by atoms with Crippen LogP contribution in [0.3, 0.4) is 0 Å². The first-order chi connectivity index (χ1) is 22.4. The highest BCUT2D eigenvalue weighted by Crippen LogP contribution is 2.41. The molecule has 1 aliphatic carbocycles. The summed E-state index contributed by atoms with van der Waals surface area (Å²) in [5, 5.41) is 12.9. The molecule has 3 heterocycles. The molecule has 12 nitrogen and oxygen atoms in total. The second-order valence-corrected chi connectivity index (χ2v) is 12.4. The minimum absolute atomic E-state index is 0.0757. The first kappa shape index (κ1) is 31.8. The van der Waals surface area contributed by atoms with Crippen LogP contribution >= 0.6 is 0 Å². The van der Waals surface area contributed by atoms with E-state index in [1.54, 1.807) is 39.9 Å². The van der Waals surface area contributed by atoms with Gasteiger partial charge in [0.1, 0.15) is 25.2 Å². The third-order valence-corrected chi connectivity index (χ3v) is 9.46. The molecule has 246 valence electrons. The molecule has 4 aromatic rings. The fraction of sp³-hybridized carbons (Fsp3) is 0.529. The second kappa shape index (κ2) is 14.1. The van der Waals surface area contributed by atoms with E-state index in [-0.39, 0.29) is 17.8 Å². The molecule has 0 N–H and O–H groups in total. The quantitative estimate of drug-likeness (QED) is 0.186. The van der Waals surface area contributed by atoms with Gasteiger partial charge in [-0.25, -0.2) is 14.0 Å². The lowest BCUT2D eigenvalue weighted by atomic mass is 9.78. The van der Waals surface area contributed by atoms with Gasteiger partial charge in [0.2, 0.25) is 0 Å². The lowest BCUT2D eigenvalue weighted by molar-refractivity contribution is -0.295. The number of nitrogens with zero attached hydrogens (tertiary/aromatic N) is 8. The Kier molecular flexibility index (Phi) is 9.74. The van der Waals surface area contributed by atoms with Crippen molar-refractivity contribution >= 4 is 11.4 Å². The fourth-order valence-corrected chi connectivity index (χ4v) is 6.27. The average Bonchev–Trinajstić information content (AvgIpc) is 3.72. The zero-order valence-electron chi connectivity index (χ0n) is 27.4. The molecule has 0 amide bonds. The fourth-order valence-electron chi connectivity index (χ4n) is 6.27. The summed E-state index contributed by atoms with van der Waals surface area (Å²) < 4.78 is 21.8. The predicted octanol–water partition coefficient (Wildman–Crippen LogP) is 4.55. The van der Waals surface area contributed by atoms with Crippen LogP contribution in [0.2, 0.25) is 0 Å². The number of rotatable bonds is 14. The summed E-state index contributed by atoms with van der Waals surface area (Å²) >= 11 is 0. The molecule has 3 unspecified atom stereocenters. The number of methoxy groups -OCH3 is 1. The van der Waals surface area contributed by atoms with Gasteiger partial charge in [-0.2, -0.15) is 20.1 Å². The van der Waals surface area contributed by atoms with E-state index in [2.05, 4.69) is 56.3 Å². The van der Waals surface area contributed by atoms with Crippen molar-refractivity contribution in [3.63, 3.8) is 0 Å². The Hall–Kier alpha value is -4.16. The maximum atomic E-state index is 12.8. The summed E-state index contributed by atoms with van der Waals surface area (Å²) in [6.07, 6.45) is 8.95. The molecule has 12 heteroatoms. The predicted molar refractivity (Wildman–Crippen MR) is 177 cm³/mol. The first-order valence-electron chi connectivity index (χ1n) is 16.5. The van der Waals surface area contributed by atoms with Gasteiger partial charge in [-0.15, -0.1) is 0 Å². The van der Waals surface area contributed by atoms with E-state index in [4.69, 9.17) is 14.2 Å². The van der Waals surface area contributed by atoms with E-state index in [0.29, 0.717) is 19.1 Å². The van der Waals surface area contributed by atoms with Crippen molar-refractivity contribution in [1.29, 1.82) is 0 Å². The number of ether oxygens (including phenoxy) is 3. The zero-order valence-corrected chi connectivity index (χ0v) is 27.4. The average molecular weight is 631 g/mol. The summed E-state index contributed by atoms with van der Waals surface area (Å²) in [6.45, 7) is 10.6. The smallest absolute Gasteiger partial charge is 0.350 e. The van der Waals surface area contributed by atoms with Crippen molar-refractivity contribution in [2.45, 2.75) is 70.9 Å². The molecule has 2 aromatic carbocycles. The normalized spacial score (nSPS) is 18.2. The van der Waals surface area contributed by atoms with Gasteiger partial charge in [-0.05, 0) is 81.6 Å². The number of hydrogen-bond acceptors (Lipinski definition) is 9. The first-order valence-corrected chi connectivity index (χ1v) is 16.5. The Morgan fingerprint density at radius 3 is 2.00 bits per heavy atom. The SMILES string of the molecule is CCC(C)n1ncn(-c2ccc(N3CCN(c4ccc(OCC(C)OC(Cn5nccn5)(OC)C5CCC5)cc4)CC3)cc2)c1=O. The van der Waals surface area contributed by atoms with Crippen LogP contribution in [0.15, 0.2) is 72.0 Å². The van der Waals surface area contributed by atoms with E-state index in [9.17, 15) is 4.79 Å². The Balaban J connectivity index is 0.991. The van der Waals surface area contributed by atoms with E-state index in [0.717, 1.165) is 62.6 Å². The summed E-state index contributed by atoms with van der Waals surface area (Å²) in [5.74, 6) is 0.346. The van der Waals surface area contributed by atoms with Gasteiger partial charge in [0, 0.05) is 50.6 Å². The number of anilines is 2. The molecule has 2 aliphatic rings. The molecule has 46 heavy (non-hydrogen) atoms. The highest BCUT2D eigenvalue weighted by Gasteiger charge is 2.45. The highest BCUT2D eigenvalue weighted by atomic mass is 16.7. The Morgan fingerprint density at radius 2 is 1.46 bits per heavy atom. The van der Waals surface area contributed by atoms with Gasteiger partial charge < -0.3 is 24.0 Å². The van der Waals surface area contributed by atoms with E-state index >= 15 is 0 Å². The third kappa shape index (κ3) is 6.82. The molecule has 3 atom stereocenters. The molecule has 1 saturated carbocycles. The van der Waals surface area contributed by atoms with E-state index < -0.39 is 5.79 Å². The molecule has 1 aliphatic heterocycles. The topological polar surface area (TPSA) is 105 Å². The van der Waals surface area contributed by atoms with Crippen molar-refractivity contribution in [2.24, 2.45) is 5.92 Å². The zero-order chi connectivity index (χ0) is 32.1. The van der Waals surface area contributed by atoms with E-state index in [1.807, 2.05) is 38.1 Å². The number of piperazine rings is 1. The van der Waals surface area contributed by atoms with Crippen LogP contribution in [-0.2, 0) is 16.0 Å². The number of aromatic nitrogens is 6. The van der Waals surface area contributed by atoms with Crippen LogP contribution in [0.25, 0.3) is 5.69 Å². The number of hydrogen-bond donors (Lipinski definition) is 0. The van der Waals surface area contributed by atoms with Gasteiger partial charge in [0.25, 0.3) is 0 Å². The molecule has 0 spiro atoms. The number of benzene rings is 2. The summed E-state index contributed by atoms with van der Waals surface area (Å²) in [6, 6.07) is 16.6. The van der Waals surface area contributed by atoms with Gasteiger partial charge in [0.05, 0.1) is 30.2 Å².